The first-order valence-corrected chi connectivity index (χ1v) is 4.78. The van der Waals surface area contributed by atoms with Crippen molar-refractivity contribution in [2.24, 2.45) is 0 Å². The van der Waals surface area contributed by atoms with Gasteiger partial charge in [0.1, 0.15) is 0 Å². The first-order chi connectivity index (χ1) is 6.70. The van der Waals surface area contributed by atoms with E-state index >= 15 is 0 Å². The van der Waals surface area contributed by atoms with Gasteiger partial charge in [-0.2, -0.15) is 0 Å². The normalized spacial score (nSPS) is 12.4. The molecule has 1 atom stereocenters. The molecule has 0 fully saturated rings. The van der Waals surface area contributed by atoms with Gasteiger partial charge in [0.15, 0.2) is 0 Å². The molecule has 2 heteroatoms. The SMILES string of the molecule is C=C(C)CNCC(O)c1ccccc1. The van der Waals surface area contributed by atoms with Crippen LogP contribution in [0.4, 0.5) is 0 Å². The van der Waals surface area contributed by atoms with Crippen molar-refractivity contribution < 1.29 is 5.11 Å². The molecule has 1 aromatic carbocycles. The lowest BCUT2D eigenvalue weighted by molar-refractivity contribution is 0.176. The minimum absolute atomic E-state index is 0.435. The van der Waals surface area contributed by atoms with E-state index < -0.39 is 6.10 Å². The molecule has 0 amide bonds. The van der Waals surface area contributed by atoms with Crippen LogP contribution in [0.1, 0.15) is 18.6 Å². The highest BCUT2D eigenvalue weighted by molar-refractivity contribution is 5.17. The van der Waals surface area contributed by atoms with E-state index in [0.29, 0.717) is 6.54 Å². The third kappa shape index (κ3) is 3.73. The van der Waals surface area contributed by atoms with Gasteiger partial charge in [0.05, 0.1) is 6.10 Å². The number of hydrogen-bond donors (Lipinski definition) is 2. The zero-order chi connectivity index (χ0) is 10.4. The smallest absolute Gasteiger partial charge is 0.0914 e. The Bertz CT molecular complexity index is 282. The van der Waals surface area contributed by atoms with Crippen LogP contribution in [0.5, 0.6) is 0 Å². The monoisotopic (exact) mass is 191 g/mol. The van der Waals surface area contributed by atoms with Crippen LogP contribution >= 0.6 is 0 Å². The van der Waals surface area contributed by atoms with E-state index in [0.717, 1.165) is 17.7 Å². The molecule has 2 nitrogen and oxygen atoms in total. The third-order valence-corrected chi connectivity index (χ3v) is 1.95. The van der Waals surface area contributed by atoms with Gasteiger partial charge in [0.2, 0.25) is 0 Å². The number of benzene rings is 1. The van der Waals surface area contributed by atoms with Crippen molar-refractivity contribution in [3.63, 3.8) is 0 Å². The molecular formula is C12H17NO. The van der Waals surface area contributed by atoms with Crippen molar-refractivity contribution in [2.75, 3.05) is 13.1 Å². The maximum atomic E-state index is 9.74. The third-order valence-electron chi connectivity index (χ3n) is 1.95. The summed E-state index contributed by atoms with van der Waals surface area (Å²) >= 11 is 0. The fourth-order valence-corrected chi connectivity index (χ4v) is 1.22. The van der Waals surface area contributed by atoms with E-state index in [1.165, 1.54) is 0 Å². The van der Waals surface area contributed by atoms with Gasteiger partial charge in [-0.15, -0.1) is 0 Å². The summed E-state index contributed by atoms with van der Waals surface area (Å²) in [6, 6.07) is 9.65. The van der Waals surface area contributed by atoms with Crippen molar-refractivity contribution in [1.29, 1.82) is 0 Å². The van der Waals surface area contributed by atoms with E-state index in [2.05, 4.69) is 11.9 Å². The molecule has 0 aromatic heterocycles. The van der Waals surface area contributed by atoms with Crippen LogP contribution in [-0.4, -0.2) is 18.2 Å². The molecule has 0 saturated carbocycles. The highest BCUT2D eigenvalue weighted by Crippen LogP contribution is 2.10. The zero-order valence-electron chi connectivity index (χ0n) is 8.53. The van der Waals surface area contributed by atoms with E-state index in [1.54, 1.807) is 0 Å². The summed E-state index contributed by atoms with van der Waals surface area (Å²) < 4.78 is 0. The second kappa shape index (κ2) is 5.58. The standard InChI is InChI=1S/C12H17NO/c1-10(2)8-13-9-12(14)11-6-4-3-5-7-11/h3-7,12-14H,1,8-9H2,2H3. The van der Waals surface area contributed by atoms with Crippen LogP contribution in [0, 0.1) is 0 Å². The summed E-state index contributed by atoms with van der Waals surface area (Å²) in [6.45, 7) is 7.06. The van der Waals surface area contributed by atoms with E-state index in [-0.39, 0.29) is 0 Å². The molecule has 0 heterocycles. The summed E-state index contributed by atoms with van der Waals surface area (Å²) in [7, 11) is 0. The summed E-state index contributed by atoms with van der Waals surface area (Å²) in [4.78, 5) is 0. The second-order valence-electron chi connectivity index (χ2n) is 3.51. The number of aliphatic hydroxyl groups excluding tert-OH is 1. The highest BCUT2D eigenvalue weighted by Gasteiger charge is 2.04. The van der Waals surface area contributed by atoms with Gasteiger partial charge >= 0.3 is 0 Å². The van der Waals surface area contributed by atoms with Gasteiger partial charge in [-0.05, 0) is 12.5 Å². The zero-order valence-corrected chi connectivity index (χ0v) is 8.53. The van der Waals surface area contributed by atoms with Gasteiger partial charge in [-0.3, -0.25) is 0 Å². The first kappa shape index (κ1) is 11.0. The maximum Gasteiger partial charge on any atom is 0.0914 e. The molecule has 0 saturated heterocycles. The lowest BCUT2D eigenvalue weighted by Crippen LogP contribution is -2.22. The van der Waals surface area contributed by atoms with Crippen LogP contribution in [0.2, 0.25) is 0 Å². The van der Waals surface area contributed by atoms with Gasteiger partial charge in [-0.1, -0.05) is 42.5 Å². The Morgan fingerprint density at radius 2 is 2.07 bits per heavy atom. The summed E-state index contributed by atoms with van der Waals surface area (Å²) in [5.74, 6) is 0. The van der Waals surface area contributed by atoms with Crippen molar-refractivity contribution in [1.82, 2.24) is 5.32 Å². The molecule has 14 heavy (non-hydrogen) atoms. The Morgan fingerprint density at radius 1 is 1.43 bits per heavy atom. The van der Waals surface area contributed by atoms with Crippen molar-refractivity contribution in [3.8, 4) is 0 Å². The summed E-state index contributed by atoms with van der Waals surface area (Å²) in [5, 5.41) is 12.9. The Balaban J connectivity index is 2.36. The lowest BCUT2D eigenvalue weighted by atomic mass is 10.1. The van der Waals surface area contributed by atoms with E-state index in [1.807, 2.05) is 37.3 Å². The quantitative estimate of drug-likeness (QED) is 0.696. The number of hydrogen-bond acceptors (Lipinski definition) is 2. The fraction of sp³-hybridized carbons (Fsp3) is 0.333. The van der Waals surface area contributed by atoms with Crippen LogP contribution in [0.15, 0.2) is 42.5 Å². The van der Waals surface area contributed by atoms with Crippen LogP contribution in [0.3, 0.4) is 0 Å². The largest absolute Gasteiger partial charge is 0.387 e. The van der Waals surface area contributed by atoms with Crippen LogP contribution in [0.25, 0.3) is 0 Å². The van der Waals surface area contributed by atoms with Crippen molar-refractivity contribution in [2.45, 2.75) is 13.0 Å². The minimum Gasteiger partial charge on any atom is -0.387 e. The second-order valence-corrected chi connectivity index (χ2v) is 3.51. The Morgan fingerprint density at radius 3 is 2.64 bits per heavy atom. The molecule has 0 aliphatic heterocycles. The number of aliphatic hydroxyl groups is 1. The summed E-state index contributed by atoms with van der Waals surface area (Å²) in [5.41, 5.74) is 2.02. The van der Waals surface area contributed by atoms with E-state index in [4.69, 9.17) is 0 Å². The lowest BCUT2D eigenvalue weighted by Gasteiger charge is -2.11. The van der Waals surface area contributed by atoms with Gasteiger partial charge in [0, 0.05) is 13.1 Å². The Labute approximate surface area is 85.3 Å². The molecule has 0 bridgehead atoms. The van der Waals surface area contributed by atoms with Gasteiger partial charge < -0.3 is 10.4 Å². The predicted octanol–water partition coefficient (Wildman–Crippen LogP) is 1.89. The van der Waals surface area contributed by atoms with Gasteiger partial charge in [-0.25, -0.2) is 0 Å². The Kier molecular flexibility index (Phi) is 4.36. The molecule has 1 unspecified atom stereocenters. The maximum absolute atomic E-state index is 9.74. The molecule has 1 rings (SSSR count). The first-order valence-electron chi connectivity index (χ1n) is 4.78. The van der Waals surface area contributed by atoms with Crippen LogP contribution in [-0.2, 0) is 0 Å². The highest BCUT2D eigenvalue weighted by atomic mass is 16.3. The summed E-state index contributed by atoms with van der Waals surface area (Å²) in [6.07, 6.45) is -0.435. The molecule has 2 N–H and O–H groups in total. The van der Waals surface area contributed by atoms with Crippen molar-refractivity contribution in [3.05, 3.63) is 48.0 Å². The number of nitrogens with one attached hydrogen (secondary N) is 1. The number of rotatable bonds is 5. The molecular weight excluding hydrogens is 174 g/mol. The molecule has 76 valence electrons. The molecule has 0 spiro atoms. The molecule has 0 radical (unpaired) electrons. The molecule has 1 aromatic rings. The average Bonchev–Trinajstić information content (AvgIpc) is 2.18. The van der Waals surface area contributed by atoms with Crippen LogP contribution < -0.4 is 5.32 Å². The molecule has 0 aliphatic carbocycles. The van der Waals surface area contributed by atoms with Crippen molar-refractivity contribution >= 4 is 0 Å². The fourth-order valence-electron chi connectivity index (χ4n) is 1.22. The average molecular weight is 191 g/mol. The molecule has 0 aliphatic rings. The van der Waals surface area contributed by atoms with E-state index in [9.17, 15) is 5.11 Å². The van der Waals surface area contributed by atoms with Gasteiger partial charge in [0.25, 0.3) is 0 Å². The predicted molar refractivity (Wildman–Crippen MR) is 59.1 cm³/mol. The minimum atomic E-state index is -0.435. The Hall–Kier alpha value is -1.12. The topological polar surface area (TPSA) is 32.3 Å².